The minimum atomic E-state index is -0.494. The highest BCUT2D eigenvalue weighted by molar-refractivity contribution is 7.99. The van der Waals surface area contributed by atoms with Gasteiger partial charge < -0.3 is 15.4 Å². The molecule has 0 aliphatic rings. The maximum atomic E-state index is 13.4. The van der Waals surface area contributed by atoms with E-state index in [1.165, 1.54) is 23.9 Å². The molecule has 2 N–H and O–H groups in total. The van der Waals surface area contributed by atoms with Crippen molar-refractivity contribution in [2.75, 3.05) is 18.9 Å². The lowest BCUT2D eigenvalue weighted by atomic mass is 10.0. The molecule has 0 saturated heterocycles. The van der Waals surface area contributed by atoms with Crippen molar-refractivity contribution < 1.29 is 18.7 Å². The number of amides is 2. The fourth-order valence-electron chi connectivity index (χ4n) is 3.48. The van der Waals surface area contributed by atoms with E-state index in [4.69, 9.17) is 4.74 Å². The van der Waals surface area contributed by atoms with Gasteiger partial charge in [0.25, 0.3) is 0 Å². The number of hydrogen-bond acceptors (Lipinski definition) is 6. The molecule has 0 aliphatic heterocycles. The van der Waals surface area contributed by atoms with Gasteiger partial charge in [-0.3, -0.25) is 9.36 Å². The third-order valence-corrected chi connectivity index (χ3v) is 5.91. The van der Waals surface area contributed by atoms with E-state index in [1.807, 2.05) is 48.7 Å². The molecule has 0 radical (unpaired) electrons. The second kappa shape index (κ2) is 12.9. The Hall–Kier alpha value is -3.40. The zero-order chi connectivity index (χ0) is 25.2. The molecule has 8 nitrogen and oxygen atoms in total. The van der Waals surface area contributed by atoms with Gasteiger partial charge in [0.05, 0.1) is 12.4 Å². The molecule has 10 heteroatoms. The van der Waals surface area contributed by atoms with E-state index in [0.717, 1.165) is 5.69 Å². The number of benzene rings is 2. The molecule has 1 heterocycles. The van der Waals surface area contributed by atoms with E-state index < -0.39 is 6.09 Å². The summed E-state index contributed by atoms with van der Waals surface area (Å²) in [6, 6.07) is 15.3. The summed E-state index contributed by atoms with van der Waals surface area (Å²) in [5, 5.41) is 14.8. The molecule has 1 unspecified atom stereocenters. The van der Waals surface area contributed by atoms with Gasteiger partial charge in [-0.25, -0.2) is 9.18 Å². The second-order valence-corrected chi connectivity index (χ2v) is 9.21. The van der Waals surface area contributed by atoms with Crippen molar-refractivity contribution in [2.45, 2.75) is 38.4 Å². The molecule has 2 aromatic carbocycles. The molecule has 3 aromatic rings. The van der Waals surface area contributed by atoms with E-state index >= 15 is 0 Å². The predicted molar refractivity (Wildman–Crippen MR) is 134 cm³/mol. The number of halogens is 1. The Morgan fingerprint density at radius 3 is 2.46 bits per heavy atom. The van der Waals surface area contributed by atoms with E-state index in [2.05, 4.69) is 20.8 Å². The SMILES string of the molecule is CCOC(=O)NC(CNC(=O)CSc1nnc(-c2ccc(F)cc2)n1-c1ccccc1)CC(C)C. The van der Waals surface area contributed by atoms with Crippen LogP contribution < -0.4 is 10.6 Å². The molecule has 3 rings (SSSR count). The van der Waals surface area contributed by atoms with E-state index in [1.54, 1.807) is 19.1 Å². The number of alkyl carbamates (subject to hydrolysis) is 1. The topological polar surface area (TPSA) is 98.1 Å². The quantitative estimate of drug-likeness (QED) is 0.379. The first-order chi connectivity index (χ1) is 16.9. The molecule has 0 fully saturated rings. The molecule has 0 saturated carbocycles. The van der Waals surface area contributed by atoms with Crippen LogP contribution in [0.1, 0.15) is 27.2 Å². The summed E-state index contributed by atoms with van der Waals surface area (Å²) < 4.78 is 20.2. The van der Waals surface area contributed by atoms with Gasteiger partial charge in [-0.15, -0.1) is 10.2 Å². The van der Waals surface area contributed by atoms with Crippen LogP contribution in [0.4, 0.5) is 9.18 Å². The average Bonchev–Trinajstić information content (AvgIpc) is 3.26. The number of hydrogen-bond donors (Lipinski definition) is 2. The fraction of sp³-hybridized carbons (Fsp3) is 0.360. The number of nitrogens with zero attached hydrogens (tertiary/aromatic N) is 3. The monoisotopic (exact) mass is 499 g/mol. The highest BCUT2D eigenvalue weighted by atomic mass is 32.2. The van der Waals surface area contributed by atoms with Crippen molar-refractivity contribution in [1.82, 2.24) is 25.4 Å². The molecule has 1 atom stereocenters. The van der Waals surface area contributed by atoms with Gasteiger partial charge >= 0.3 is 6.09 Å². The Morgan fingerprint density at radius 1 is 1.09 bits per heavy atom. The smallest absolute Gasteiger partial charge is 0.407 e. The minimum absolute atomic E-state index is 0.113. The second-order valence-electron chi connectivity index (χ2n) is 8.27. The number of aromatic nitrogens is 3. The normalized spacial score (nSPS) is 11.8. The summed E-state index contributed by atoms with van der Waals surface area (Å²) in [7, 11) is 0. The molecule has 0 aliphatic carbocycles. The first kappa shape index (κ1) is 26.2. The number of thioether (sulfide) groups is 1. The number of para-hydroxylation sites is 1. The lowest BCUT2D eigenvalue weighted by Gasteiger charge is -2.20. The molecular weight excluding hydrogens is 469 g/mol. The van der Waals surface area contributed by atoms with Crippen LogP contribution in [0.15, 0.2) is 59.8 Å². The number of carbonyl (C=O) groups is 2. The van der Waals surface area contributed by atoms with Gasteiger partial charge in [0.15, 0.2) is 11.0 Å². The summed E-state index contributed by atoms with van der Waals surface area (Å²) in [6.45, 7) is 6.42. The van der Waals surface area contributed by atoms with Gasteiger partial charge in [-0.1, -0.05) is 43.8 Å². The van der Waals surface area contributed by atoms with Crippen molar-refractivity contribution >= 4 is 23.8 Å². The Morgan fingerprint density at radius 2 is 1.80 bits per heavy atom. The maximum absolute atomic E-state index is 13.4. The van der Waals surface area contributed by atoms with Crippen LogP contribution in [0.5, 0.6) is 0 Å². The number of carbonyl (C=O) groups excluding carboxylic acids is 2. The highest BCUT2D eigenvalue weighted by Crippen LogP contribution is 2.28. The summed E-state index contributed by atoms with van der Waals surface area (Å²) in [5.74, 6) is 0.471. The van der Waals surface area contributed by atoms with E-state index in [0.29, 0.717) is 35.4 Å². The Labute approximate surface area is 208 Å². The Kier molecular flexibility index (Phi) is 9.66. The van der Waals surface area contributed by atoms with Crippen LogP contribution in [0.2, 0.25) is 0 Å². The summed E-state index contributed by atoms with van der Waals surface area (Å²) in [5.41, 5.74) is 1.54. The molecule has 2 amide bonds. The highest BCUT2D eigenvalue weighted by Gasteiger charge is 2.19. The van der Waals surface area contributed by atoms with Gasteiger partial charge in [0.1, 0.15) is 5.82 Å². The zero-order valence-corrected chi connectivity index (χ0v) is 20.8. The third-order valence-electron chi connectivity index (χ3n) is 4.98. The first-order valence-electron chi connectivity index (χ1n) is 11.5. The molecule has 0 bridgehead atoms. The molecule has 0 spiro atoms. The fourth-order valence-corrected chi connectivity index (χ4v) is 4.26. The molecular formula is C25H30FN5O3S. The number of nitrogens with one attached hydrogen (secondary N) is 2. The number of ether oxygens (including phenoxy) is 1. The summed E-state index contributed by atoms with van der Waals surface area (Å²) in [4.78, 5) is 24.4. The third kappa shape index (κ3) is 7.81. The first-order valence-corrected chi connectivity index (χ1v) is 12.5. The predicted octanol–water partition coefficient (Wildman–Crippen LogP) is 4.44. The van der Waals surface area contributed by atoms with Crippen molar-refractivity contribution in [1.29, 1.82) is 0 Å². The molecule has 35 heavy (non-hydrogen) atoms. The van der Waals surface area contributed by atoms with Crippen LogP contribution in [0.25, 0.3) is 17.1 Å². The van der Waals surface area contributed by atoms with Gasteiger partial charge in [-0.2, -0.15) is 0 Å². The van der Waals surface area contributed by atoms with Gasteiger partial charge in [-0.05, 0) is 55.7 Å². The Balaban J connectivity index is 1.69. The van der Waals surface area contributed by atoms with Crippen LogP contribution >= 0.6 is 11.8 Å². The lowest BCUT2D eigenvalue weighted by Crippen LogP contribution is -2.45. The van der Waals surface area contributed by atoms with Crippen LogP contribution in [0, 0.1) is 11.7 Å². The standard InChI is InChI=1S/C25H30FN5O3S/c1-4-34-25(33)28-20(14-17(2)3)15-27-22(32)16-35-24-30-29-23(18-10-12-19(26)13-11-18)31(24)21-8-6-5-7-9-21/h5-13,17,20H,4,14-16H2,1-3H3,(H,27,32)(H,28,33). The Bertz CT molecular complexity index is 1110. The summed E-state index contributed by atoms with van der Waals surface area (Å²) in [6.07, 6.45) is 0.210. The minimum Gasteiger partial charge on any atom is -0.450 e. The summed E-state index contributed by atoms with van der Waals surface area (Å²) >= 11 is 1.25. The van der Waals surface area contributed by atoms with Crippen LogP contribution in [0.3, 0.4) is 0 Å². The zero-order valence-electron chi connectivity index (χ0n) is 20.0. The van der Waals surface area contributed by atoms with Crippen LogP contribution in [-0.2, 0) is 9.53 Å². The lowest BCUT2D eigenvalue weighted by molar-refractivity contribution is -0.118. The van der Waals surface area contributed by atoms with E-state index in [9.17, 15) is 14.0 Å². The molecule has 186 valence electrons. The van der Waals surface area contributed by atoms with Crippen LogP contribution in [-0.4, -0.2) is 51.7 Å². The van der Waals surface area contributed by atoms with Gasteiger partial charge in [0.2, 0.25) is 5.91 Å². The number of rotatable bonds is 11. The molecule has 1 aromatic heterocycles. The average molecular weight is 500 g/mol. The van der Waals surface area contributed by atoms with Crippen molar-refractivity contribution in [3.05, 3.63) is 60.4 Å². The maximum Gasteiger partial charge on any atom is 0.407 e. The van der Waals surface area contributed by atoms with E-state index in [-0.39, 0.29) is 30.1 Å². The van der Waals surface area contributed by atoms with Gasteiger partial charge in [0, 0.05) is 23.8 Å². The van der Waals surface area contributed by atoms with Crippen molar-refractivity contribution in [3.8, 4) is 17.1 Å². The van der Waals surface area contributed by atoms with Crippen molar-refractivity contribution in [3.63, 3.8) is 0 Å². The van der Waals surface area contributed by atoms with Crippen molar-refractivity contribution in [2.24, 2.45) is 5.92 Å². The largest absolute Gasteiger partial charge is 0.450 e.